The minimum atomic E-state index is -3.60. The van der Waals surface area contributed by atoms with E-state index in [2.05, 4.69) is 6.92 Å². The second-order valence-electron chi connectivity index (χ2n) is 5.56. The molecule has 1 aliphatic rings. The van der Waals surface area contributed by atoms with Crippen LogP contribution in [0.4, 0.5) is 0 Å². The van der Waals surface area contributed by atoms with Gasteiger partial charge in [-0.2, -0.15) is 4.31 Å². The molecule has 112 valence electrons. The number of rotatable bonds is 3. The van der Waals surface area contributed by atoms with Crippen LogP contribution in [0.3, 0.4) is 0 Å². The van der Waals surface area contributed by atoms with Crippen LogP contribution in [0, 0.1) is 11.8 Å². The van der Waals surface area contributed by atoms with E-state index in [1.54, 1.807) is 0 Å². The van der Waals surface area contributed by atoms with Gasteiger partial charge >= 0.3 is 5.97 Å². The highest BCUT2D eigenvalue weighted by Gasteiger charge is 2.38. The van der Waals surface area contributed by atoms with Crippen LogP contribution in [0.15, 0.2) is 16.3 Å². The standard InChI is InChI=1S/C13H19NO4S2/c1-8-6-9(2)10(3)14(7-8)20(17,18)12-5-4-11(19-12)13(15)16/h4-5,8-10H,6-7H2,1-3H3,(H,15,16). The minimum Gasteiger partial charge on any atom is -0.477 e. The number of thiophene rings is 1. The third-order valence-corrected chi connectivity index (χ3v) is 7.39. The van der Waals surface area contributed by atoms with Crippen molar-refractivity contribution in [1.82, 2.24) is 4.31 Å². The van der Waals surface area contributed by atoms with E-state index in [1.807, 2.05) is 13.8 Å². The maximum atomic E-state index is 12.7. The van der Waals surface area contributed by atoms with Gasteiger partial charge in [-0.3, -0.25) is 0 Å². The van der Waals surface area contributed by atoms with E-state index < -0.39 is 16.0 Å². The highest BCUT2D eigenvalue weighted by molar-refractivity contribution is 7.91. The van der Waals surface area contributed by atoms with Crippen LogP contribution in [-0.2, 0) is 10.0 Å². The third kappa shape index (κ3) is 2.75. The summed E-state index contributed by atoms with van der Waals surface area (Å²) in [5.41, 5.74) is 0. The lowest BCUT2D eigenvalue weighted by Crippen LogP contribution is -2.48. The summed E-state index contributed by atoms with van der Waals surface area (Å²) in [5.74, 6) is -0.479. The lowest BCUT2D eigenvalue weighted by molar-refractivity contribution is 0.0702. The van der Waals surface area contributed by atoms with Crippen molar-refractivity contribution >= 4 is 27.3 Å². The van der Waals surface area contributed by atoms with Crippen molar-refractivity contribution in [2.45, 2.75) is 37.4 Å². The molecule has 1 aliphatic heterocycles. The van der Waals surface area contributed by atoms with Crippen molar-refractivity contribution in [2.24, 2.45) is 11.8 Å². The van der Waals surface area contributed by atoms with Gasteiger partial charge in [-0.1, -0.05) is 13.8 Å². The molecule has 3 unspecified atom stereocenters. The predicted molar refractivity (Wildman–Crippen MR) is 77.6 cm³/mol. The molecule has 1 aromatic heterocycles. The molecule has 1 fully saturated rings. The molecule has 3 atom stereocenters. The zero-order valence-corrected chi connectivity index (χ0v) is 13.4. The van der Waals surface area contributed by atoms with Crippen molar-refractivity contribution in [2.75, 3.05) is 6.54 Å². The Morgan fingerprint density at radius 2 is 2.00 bits per heavy atom. The first-order chi connectivity index (χ1) is 9.23. The van der Waals surface area contributed by atoms with Gasteiger partial charge in [-0.05, 0) is 37.3 Å². The zero-order valence-electron chi connectivity index (χ0n) is 11.7. The zero-order chi connectivity index (χ0) is 15.1. The number of hydrogen-bond donors (Lipinski definition) is 1. The molecule has 5 nitrogen and oxygen atoms in total. The Balaban J connectivity index is 2.35. The lowest BCUT2D eigenvalue weighted by Gasteiger charge is -2.39. The van der Waals surface area contributed by atoms with Crippen LogP contribution >= 0.6 is 11.3 Å². The van der Waals surface area contributed by atoms with E-state index in [4.69, 9.17) is 5.11 Å². The number of aromatic carboxylic acids is 1. The largest absolute Gasteiger partial charge is 0.477 e. The van der Waals surface area contributed by atoms with E-state index in [0.717, 1.165) is 17.8 Å². The van der Waals surface area contributed by atoms with Gasteiger partial charge in [-0.25, -0.2) is 13.2 Å². The maximum Gasteiger partial charge on any atom is 0.345 e. The molecule has 1 saturated heterocycles. The number of piperidine rings is 1. The Bertz CT molecular complexity index is 608. The van der Waals surface area contributed by atoms with Crippen LogP contribution in [0.25, 0.3) is 0 Å². The van der Waals surface area contributed by atoms with Gasteiger partial charge in [0.15, 0.2) is 0 Å². The van der Waals surface area contributed by atoms with Crippen molar-refractivity contribution < 1.29 is 18.3 Å². The molecule has 2 heterocycles. The SMILES string of the molecule is CC1CC(C)C(C)N(S(=O)(=O)c2ccc(C(=O)O)s2)C1. The highest BCUT2D eigenvalue weighted by atomic mass is 32.2. The van der Waals surface area contributed by atoms with Gasteiger partial charge in [0.05, 0.1) is 0 Å². The Labute approximate surface area is 123 Å². The van der Waals surface area contributed by atoms with E-state index >= 15 is 0 Å². The van der Waals surface area contributed by atoms with E-state index in [1.165, 1.54) is 16.4 Å². The number of hydrogen-bond acceptors (Lipinski definition) is 4. The summed E-state index contributed by atoms with van der Waals surface area (Å²) in [6, 6.07) is 2.67. The summed E-state index contributed by atoms with van der Waals surface area (Å²) >= 11 is 0.817. The van der Waals surface area contributed by atoms with Gasteiger partial charge in [0.1, 0.15) is 9.09 Å². The number of carboxylic acid groups (broad SMARTS) is 1. The van der Waals surface area contributed by atoms with Crippen LogP contribution in [0.1, 0.15) is 36.9 Å². The first-order valence-electron chi connectivity index (χ1n) is 6.58. The molecule has 0 amide bonds. The predicted octanol–water partition coefficient (Wildman–Crippen LogP) is 2.50. The molecule has 0 aromatic carbocycles. The van der Waals surface area contributed by atoms with E-state index in [9.17, 15) is 13.2 Å². The Morgan fingerprint density at radius 3 is 2.55 bits per heavy atom. The molecule has 0 saturated carbocycles. The molecule has 1 aromatic rings. The molecule has 2 rings (SSSR count). The second-order valence-corrected chi connectivity index (χ2v) is 8.76. The van der Waals surface area contributed by atoms with Gasteiger partial charge < -0.3 is 5.11 Å². The maximum absolute atomic E-state index is 12.7. The van der Waals surface area contributed by atoms with Crippen LogP contribution in [-0.4, -0.2) is 36.4 Å². The summed E-state index contributed by atoms with van der Waals surface area (Å²) in [4.78, 5) is 10.9. The smallest absolute Gasteiger partial charge is 0.345 e. The molecule has 1 N–H and O–H groups in total. The van der Waals surface area contributed by atoms with Crippen molar-refractivity contribution in [3.8, 4) is 0 Å². The number of carboxylic acids is 1. The van der Waals surface area contributed by atoms with E-state index in [0.29, 0.717) is 18.4 Å². The number of sulfonamides is 1. The molecule has 0 bridgehead atoms. The lowest BCUT2D eigenvalue weighted by atomic mass is 9.88. The average molecular weight is 317 g/mol. The van der Waals surface area contributed by atoms with Gasteiger partial charge in [0.25, 0.3) is 10.0 Å². The summed E-state index contributed by atoms with van der Waals surface area (Å²) < 4.78 is 27.0. The fourth-order valence-corrected chi connectivity index (χ4v) is 5.79. The molecular formula is C13H19NO4S2. The molecule has 0 radical (unpaired) electrons. The first-order valence-corrected chi connectivity index (χ1v) is 8.84. The minimum absolute atomic E-state index is 0.0503. The summed E-state index contributed by atoms with van der Waals surface area (Å²) in [5, 5.41) is 8.91. The van der Waals surface area contributed by atoms with E-state index in [-0.39, 0.29) is 15.1 Å². The fourth-order valence-electron chi connectivity index (χ4n) is 2.67. The van der Waals surface area contributed by atoms with Gasteiger partial charge in [-0.15, -0.1) is 11.3 Å². The highest BCUT2D eigenvalue weighted by Crippen LogP contribution is 2.33. The Kier molecular flexibility index (Phi) is 4.22. The fraction of sp³-hybridized carbons (Fsp3) is 0.615. The normalized spacial score (nSPS) is 28.4. The summed E-state index contributed by atoms with van der Waals surface area (Å²) in [6.07, 6.45) is 1.01. The summed E-state index contributed by atoms with van der Waals surface area (Å²) in [6.45, 7) is 6.51. The molecule has 0 spiro atoms. The monoisotopic (exact) mass is 317 g/mol. The Morgan fingerprint density at radius 1 is 1.35 bits per heavy atom. The van der Waals surface area contributed by atoms with Crippen molar-refractivity contribution in [3.05, 3.63) is 17.0 Å². The van der Waals surface area contributed by atoms with Crippen molar-refractivity contribution in [1.29, 1.82) is 0 Å². The number of carbonyl (C=O) groups is 1. The quantitative estimate of drug-likeness (QED) is 0.929. The molecule has 7 heteroatoms. The van der Waals surface area contributed by atoms with Crippen molar-refractivity contribution in [3.63, 3.8) is 0 Å². The third-order valence-electron chi connectivity index (χ3n) is 3.90. The van der Waals surface area contributed by atoms with Crippen LogP contribution in [0.2, 0.25) is 0 Å². The van der Waals surface area contributed by atoms with Crippen LogP contribution in [0.5, 0.6) is 0 Å². The Hall–Kier alpha value is -0.920. The number of nitrogens with zero attached hydrogens (tertiary/aromatic N) is 1. The van der Waals surface area contributed by atoms with Gasteiger partial charge in [0.2, 0.25) is 0 Å². The van der Waals surface area contributed by atoms with Crippen LogP contribution < -0.4 is 0 Å². The second kappa shape index (κ2) is 5.46. The topological polar surface area (TPSA) is 74.7 Å². The molecular weight excluding hydrogens is 298 g/mol. The average Bonchev–Trinajstić information content (AvgIpc) is 2.83. The molecule has 0 aliphatic carbocycles. The first kappa shape index (κ1) is 15.5. The van der Waals surface area contributed by atoms with Gasteiger partial charge in [0, 0.05) is 12.6 Å². The summed E-state index contributed by atoms with van der Waals surface area (Å²) in [7, 11) is -3.60. The molecule has 20 heavy (non-hydrogen) atoms.